The van der Waals surface area contributed by atoms with Crippen molar-refractivity contribution in [2.75, 3.05) is 18.9 Å². The van der Waals surface area contributed by atoms with Gasteiger partial charge >= 0.3 is 0 Å². The zero-order valence-corrected chi connectivity index (χ0v) is 22.4. The average molecular weight is 543 g/mol. The molecule has 2 aromatic heterocycles. The molecule has 0 fully saturated rings. The maximum absolute atomic E-state index is 13.5. The maximum atomic E-state index is 13.5. The molecule has 4 rings (SSSR count). The van der Waals surface area contributed by atoms with Crippen LogP contribution in [0.2, 0.25) is 5.02 Å². The van der Waals surface area contributed by atoms with Crippen molar-refractivity contribution in [1.29, 1.82) is 0 Å². The number of nitrogens with one attached hydrogen (secondary N) is 1. The van der Waals surface area contributed by atoms with E-state index in [1.807, 2.05) is 30.3 Å². The summed E-state index contributed by atoms with van der Waals surface area (Å²) in [6.45, 7) is 3.32. The number of hydrogen-bond donors (Lipinski definition) is 1. The predicted octanol–water partition coefficient (Wildman–Crippen LogP) is 4.25. The summed E-state index contributed by atoms with van der Waals surface area (Å²) in [5, 5.41) is 8.01. The maximum Gasteiger partial charge on any atom is 0.243 e. The van der Waals surface area contributed by atoms with Gasteiger partial charge in [-0.3, -0.25) is 9.29 Å². The molecular formula is C25H27ClN6O4S. The molecule has 0 spiro atoms. The highest BCUT2D eigenvalue weighted by Gasteiger charge is 2.32. The Morgan fingerprint density at radius 2 is 1.57 bits per heavy atom. The highest BCUT2D eigenvalue weighted by atomic mass is 35.5. The molecule has 0 radical (unpaired) electrons. The number of halogens is 1. The molecule has 0 aliphatic carbocycles. The summed E-state index contributed by atoms with van der Waals surface area (Å²) < 4.78 is 42.4. The number of ether oxygens (including phenoxy) is 2. The van der Waals surface area contributed by atoms with Crippen LogP contribution in [0.3, 0.4) is 0 Å². The first-order chi connectivity index (χ1) is 17.7. The number of aromatic nitrogens is 5. The minimum absolute atomic E-state index is 0.00445. The standard InChI is InChI=1S/C25H27ClN6O4S/c1-16(24-27-14-19(26)15-28-24)17(2)37(33,34)31-25-30-29-22(13-18-9-6-5-7-10-18)32(25)23-20(35-3)11-8-12-21(23)36-4/h5-12,14-17H,13H2,1-4H3,(H,30,31)/t16-,17-/m0/s1. The molecule has 2 heterocycles. The molecule has 194 valence electrons. The zero-order valence-electron chi connectivity index (χ0n) is 20.8. The molecule has 0 saturated carbocycles. The van der Waals surface area contributed by atoms with Crippen LogP contribution >= 0.6 is 11.6 Å². The van der Waals surface area contributed by atoms with Gasteiger partial charge in [-0.15, -0.1) is 10.2 Å². The van der Waals surface area contributed by atoms with Crippen molar-refractivity contribution in [1.82, 2.24) is 24.7 Å². The normalized spacial score (nSPS) is 13.1. The van der Waals surface area contributed by atoms with Crippen molar-refractivity contribution < 1.29 is 17.9 Å². The van der Waals surface area contributed by atoms with E-state index >= 15 is 0 Å². The minimum atomic E-state index is -3.97. The van der Waals surface area contributed by atoms with Gasteiger partial charge in [-0.25, -0.2) is 18.4 Å². The fourth-order valence-electron chi connectivity index (χ4n) is 3.82. The van der Waals surface area contributed by atoms with E-state index in [2.05, 4.69) is 24.9 Å². The molecule has 0 aliphatic heterocycles. The molecule has 2 aromatic carbocycles. The largest absolute Gasteiger partial charge is 0.494 e. The summed E-state index contributed by atoms with van der Waals surface area (Å²) in [5.41, 5.74) is 1.45. The second-order valence-corrected chi connectivity index (χ2v) is 10.8. The lowest BCUT2D eigenvalue weighted by Crippen LogP contribution is -2.31. The summed E-state index contributed by atoms with van der Waals surface area (Å²) in [6, 6.07) is 15.0. The fraction of sp³-hybridized carbons (Fsp3) is 0.280. The first-order valence-corrected chi connectivity index (χ1v) is 13.4. The van der Waals surface area contributed by atoms with Gasteiger partial charge in [-0.1, -0.05) is 54.9 Å². The number of benzene rings is 2. The van der Waals surface area contributed by atoms with E-state index in [4.69, 9.17) is 21.1 Å². The molecule has 0 aliphatic rings. The Morgan fingerprint density at radius 3 is 2.16 bits per heavy atom. The van der Waals surface area contributed by atoms with E-state index in [1.54, 1.807) is 36.6 Å². The van der Waals surface area contributed by atoms with Crippen LogP contribution in [0.4, 0.5) is 5.95 Å². The van der Waals surface area contributed by atoms with Gasteiger partial charge in [-0.05, 0) is 24.6 Å². The van der Waals surface area contributed by atoms with Crippen molar-refractivity contribution in [3.63, 3.8) is 0 Å². The monoisotopic (exact) mass is 542 g/mol. The number of para-hydroxylation sites is 1. The zero-order chi connectivity index (χ0) is 26.6. The molecule has 0 unspecified atom stereocenters. The van der Waals surface area contributed by atoms with E-state index < -0.39 is 21.2 Å². The quantitative estimate of drug-likeness (QED) is 0.315. The van der Waals surface area contributed by atoms with Crippen molar-refractivity contribution in [2.45, 2.75) is 31.4 Å². The number of anilines is 1. The number of nitrogens with zero attached hydrogens (tertiary/aromatic N) is 5. The Labute approximate surface area is 220 Å². The van der Waals surface area contributed by atoms with Crippen LogP contribution in [0.1, 0.15) is 37.0 Å². The SMILES string of the molecule is COc1cccc(OC)c1-n1c(Cc2ccccc2)nnc1NS(=O)(=O)[C@@H](C)[C@H](C)c1ncc(Cl)cn1. The van der Waals surface area contributed by atoms with Crippen LogP contribution in [0.15, 0.2) is 60.9 Å². The van der Waals surface area contributed by atoms with Crippen molar-refractivity contribution in [2.24, 2.45) is 0 Å². The van der Waals surface area contributed by atoms with E-state index in [9.17, 15) is 8.42 Å². The van der Waals surface area contributed by atoms with Crippen LogP contribution in [0.25, 0.3) is 5.69 Å². The predicted molar refractivity (Wildman–Crippen MR) is 141 cm³/mol. The molecule has 0 bridgehead atoms. The Morgan fingerprint density at radius 1 is 0.946 bits per heavy atom. The van der Waals surface area contributed by atoms with Gasteiger partial charge in [0.15, 0.2) is 0 Å². The van der Waals surface area contributed by atoms with E-state index in [0.717, 1.165) is 5.56 Å². The molecular weight excluding hydrogens is 516 g/mol. The molecule has 0 saturated heterocycles. The first-order valence-electron chi connectivity index (χ1n) is 11.4. The minimum Gasteiger partial charge on any atom is -0.494 e. The number of rotatable bonds is 10. The van der Waals surface area contributed by atoms with E-state index in [-0.39, 0.29) is 5.95 Å². The summed E-state index contributed by atoms with van der Waals surface area (Å²) in [5.74, 6) is 1.25. The lowest BCUT2D eigenvalue weighted by Gasteiger charge is -2.21. The average Bonchev–Trinajstić information content (AvgIpc) is 3.28. The lowest BCUT2D eigenvalue weighted by molar-refractivity contribution is 0.391. The van der Waals surface area contributed by atoms with Crippen LogP contribution < -0.4 is 14.2 Å². The Kier molecular flexibility index (Phi) is 7.94. The van der Waals surface area contributed by atoms with Crippen molar-refractivity contribution in [3.8, 4) is 17.2 Å². The van der Waals surface area contributed by atoms with Crippen molar-refractivity contribution in [3.05, 3.63) is 83.2 Å². The van der Waals surface area contributed by atoms with Crippen LogP contribution in [-0.2, 0) is 16.4 Å². The van der Waals surface area contributed by atoms with E-state index in [1.165, 1.54) is 26.6 Å². The molecule has 2 atom stereocenters. The van der Waals surface area contributed by atoms with Crippen molar-refractivity contribution >= 4 is 27.6 Å². The van der Waals surface area contributed by atoms with Gasteiger partial charge in [-0.2, -0.15) is 0 Å². The molecule has 1 N–H and O–H groups in total. The van der Waals surface area contributed by atoms with Gasteiger partial charge < -0.3 is 9.47 Å². The number of methoxy groups -OCH3 is 2. The third-order valence-corrected chi connectivity index (χ3v) is 8.08. The second kappa shape index (κ2) is 11.1. The highest BCUT2D eigenvalue weighted by Crippen LogP contribution is 2.36. The second-order valence-electron chi connectivity index (χ2n) is 8.35. The van der Waals surface area contributed by atoms with Gasteiger partial charge in [0.1, 0.15) is 28.8 Å². The summed E-state index contributed by atoms with van der Waals surface area (Å²) in [6.07, 6.45) is 3.27. The Hall–Kier alpha value is -3.70. The molecule has 37 heavy (non-hydrogen) atoms. The third-order valence-electron chi connectivity index (χ3n) is 6.04. The van der Waals surface area contributed by atoms with Gasteiger partial charge in [0.2, 0.25) is 16.0 Å². The van der Waals surface area contributed by atoms with Gasteiger partial charge in [0, 0.05) is 24.7 Å². The smallest absolute Gasteiger partial charge is 0.243 e. The summed E-state index contributed by atoms with van der Waals surface area (Å²) in [4.78, 5) is 8.36. The number of hydrogen-bond acceptors (Lipinski definition) is 8. The van der Waals surface area contributed by atoms with Crippen LogP contribution in [-0.4, -0.2) is 52.6 Å². The Balaban J connectivity index is 1.77. The summed E-state index contributed by atoms with van der Waals surface area (Å²) in [7, 11) is -0.914. The molecule has 0 amide bonds. The molecule has 4 aromatic rings. The fourth-order valence-corrected chi connectivity index (χ4v) is 5.15. The van der Waals surface area contributed by atoms with Gasteiger partial charge in [0.25, 0.3) is 0 Å². The number of sulfonamides is 1. The first kappa shape index (κ1) is 26.4. The van der Waals surface area contributed by atoms with E-state index in [0.29, 0.717) is 40.3 Å². The topological polar surface area (TPSA) is 121 Å². The lowest BCUT2D eigenvalue weighted by atomic mass is 10.1. The summed E-state index contributed by atoms with van der Waals surface area (Å²) >= 11 is 5.88. The van der Waals surface area contributed by atoms with Gasteiger partial charge in [0.05, 0.1) is 24.5 Å². The van der Waals surface area contributed by atoms with Crippen LogP contribution in [0, 0.1) is 0 Å². The van der Waals surface area contributed by atoms with Crippen LogP contribution in [0.5, 0.6) is 11.5 Å². The third kappa shape index (κ3) is 5.67. The Bertz CT molecular complexity index is 1440. The molecule has 12 heteroatoms. The highest BCUT2D eigenvalue weighted by molar-refractivity contribution is 7.93. The molecule has 10 nitrogen and oxygen atoms in total.